The summed E-state index contributed by atoms with van der Waals surface area (Å²) in [6, 6.07) is 10.3. The maximum absolute atomic E-state index is 14.0. The van der Waals surface area contributed by atoms with Crippen molar-refractivity contribution < 1.29 is 27.8 Å². The Morgan fingerprint density at radius 2 is 1.26 bits per heavy atom. The lowest BCUT2D eigenvalue weighted by Crippen LogP contribution is -2.26. The number of aromatic nitrogens is 1. The van der Waals surface area contributed by atoms with Crippen LogP contribution in [0.15, 0.2) is 42.5 Å². The SMILES string of the molecule is CCC[C@H]1CC[C@H](C(=O)Oc2ccc(OC(=O)[C@H]3CC[C@H](CCC)CC3)c3nc(-c4ccc(F)c(F)c4)ccc23)CC1. The van der Waals surface area contributed by atoms with Crippen molar-refractivity contribution in [1.82, 2.24) is 4.98 Å². The smallest absolute Gasteiger partial charge is 0.314 e. The molecule has 2 saturated carbocycles. The van der Waals surface area contributed by atoms with Crippen molar-refractivity contribution in [2.24, 2.45) is 23.7 Å². The average molecular weight is 578 g/mol. The van der Waals surface area contributed by atoms with Crippen LogP contribution in [-0.4, -0.2) is 16.9 Å². The Balaban J connectivity index is 1.41. The quantitative estimate of drug-likeness (QED) is 0.187. The van der Waals surface area contributed by atoms with Gasteiger partial charge >= 0.3 is 11.9 Å². The average Bonchev–Trinajstić information content (AvgIpc) is 3.00. The van der Waals surface area contributed by atoms with Crippen LogP contribution < -0.4 is 9.47 Å². The first-order valence-electron chi connectivity index (χ1n) is 15.7. The van der Waals surface area contributed by atoms with E-state index >= 15 is 0 Å². The predicted octanol–water partition coefficient (Wildman–Crippen LogP) is 9.20. The zero-order valence-electron chi connectivity index (χ0n) is 24.7. The van der Waals surface area contributed by atoms with Crippen molar-refractivity contribution in [2.45, 2.75) is 90.9 Å². The summed E-state index contributed by atoms with van der Waals surface area (Å²) in [5.41, 5.74) is 1.10. The number of halogens is 2. The molecule has 1 heterocycles. The van der Waals surface area contributed by atoms with Gasteiger partial charge in [-0.25, -0.2) is 13.8 Å². The van der Waals surface area contributed by atoms with Crippen molar-refractivity contribution in [1.29, 1.82) is 0 Å². The van der Waals surface area contributed by atoms with Crippen LogP contribution in [0.1, 0.15) is 90.9 Å². The predicted molar refractivity (Wildman–Crippen MR) is 159 cm³/mol. The molecule has 0 unspecified atom stereocenters. The second kappa shape index (κ2) is 13.7. The van der Waals surface area contributed by atoms with Gasteiger partial charge < -0.3 is 9.47 Å². The van der Waals surface area contributed by atoms with E-state index in [0.717, 1.165) is 76.3 Å². The number of benzene rings is 2. The number of hydrogen-bond donors (Lipinski definition) is 0. The van der Waals surface area contributed by atoms with Crippen molar-refractivity contribution in [3.8, 4) is 22.8 Å². The Bertz CT molecular complexity index is 1410. The van der Waals surface area contributed by atoms with E-state index in [4.69, 9.17) is 14.5 Å². The minimum absolute atomic E-state index is 0.150. The molecule has 0 atom stereocenters. The van der Waals surface area contributed by atoms with Gasteiger partial charge in [-0.3, -0.25) is 9.59 Å². The van der Waals surface area contributed by atoms with E-state index in [1.165, 1.54) is 18.9 Å². The monoisotopic (exact) mass is 577 g/mol. The highest BCUT2D eigenvalue weighted by Crippen LogP contribution is 2.38. The molecule has 0 bridgehead atoms. The lowest BCUT2D eigenvalue weighted by molar-refractivity contribution is -0.141. The standard InChI is InChI=1S/C35H41F2NO4/c1-3-5-22-7-11-24(12-8-22)34(39)41-31-19-20-32(42-35(40)25-13-9-23(6-4-2)10-14-25)33-27(31)16-18-30(38-33)26-15-17-28(36)29(37)21-26/h15-25H,3-14H2,1-2H3/t22-,23-,24-,25-. The molecule has 1 aromatic heterocycles. The van der Waals surface area contributed by atoms with Crippen molar-refractivity contribution in [3.63, 3.8) is 0 Å². The van der Waals surface area contributed by atoms with E-state index in [9.17, 15) is 18.4 Å². The van der Waals surface area contributed by atoms with Crippen molar-refractivity contribution in [2.75, 3.05) is 0 Å². The Hall–Kier alpha value is -3.35. The summed E-state index contributed by atoms with van der Waals surface area (Å²) in [5.74, 6) is -0.859. The van der Waals surface area contributed by atoms with Crippen LogP contribution in [-0.2, 0) is 9.59 Å². The van der Waals surface area contributed by atoms with Crippen molar-refractivity contribution in [3.05, 3.63) is 54.1 Å². The fourth-order valence-electron chi connectivity index (χ4n) is 6.73. The third kappa shape index (κ3) is 6.99. The molecular weight excluding hydrogens is 536 g/mol. The highest BCUT2D eigenvalue weighted by molar-refractivity contribution is 5.95. The highest BCUT2D eigenvalue weighted by Gasteiger charge is 2.30. The molecule has 7 heteroatoms. The zero-order chi connectivity index (χ0) is 29.6. The molecule has 3 aromatic rings. The maximum Gasteiger partial charge on any atom is 0.314 e. The van der Waals surface area contributed by atoms with Gasteiger partial charge in [-0.2, -0.15) is 0 Å². The first-order valence-corrected chi connectivity index (χ1v) is 15.7. The second-order valence-corrected chi connectivity index (χ2v) is 12.1. The van der Waals surface area contributed by atoms with Crippen LogP contribution in [0, 0.1) is 35.3 Å². The van der Waals surface area contributed by atoms with Gasteiger partial charge in [-0.1, -0.05) is 39.5 Å². The lowest BCUT2D eigenvalue weighted by atomic mass is 9.80. The van der Waals surface area contributed by atoms with E-state index in [1.54, 1.807) is 24.3 Å². The number of nitrogens with zero attached hydrogens (tertiary/aromatic N) is 1. The van der Waals surface area contributed by atoms with E-state index in [1.807, 2.05) is 0 Å². The van der Waals surface area contributed by atoms with Crippen LogP contribution in [0.3, 0.4) is 0 Å². The Kier molecular flexibility index (Phi) is 9.86. The largest absolute Gasteiger partial charge is 0.426 e. The van der Waals surface area contributed by atoms with Crippen LogP contribution >= 0.6 is 0 Å². The molecule has 5 rings (SSSR count). The molecule has 2 aliphatic carbocycles. The van der Waals surface area contributed by atoms with Gasteiger partial charge in [0.25, 0.3) is 0 Å². The molecule has 0 N–H and O–H groups in total. The lowest BCUT2D eigenvalue weighted by Gasteiger charge is -2.27. The summed E-state index contributed by atoms with van der Waals surface area (Å²) in [5, 5.41) is 0.520. The summed E-state index contributed by atoms with van der Waals surface area (Å²) in [4.78, 5) is 31.1. The zero-order valence-corrected chi connectivity index (χ0v) is 24.7. The molecule has 0 radical (unpaired) electrons. The molecule has 0 aliphatic heterocycles. The number of rotatable bonds is 9. The molecule has 0 spiro atoms. The summed E-state index contributed by atoms with van der Waals surface area (Å²) in [7, 11) is 0. The number of hydrogen-bond acceptors (Lipinski definition) is 5. The number of carbonyl (C=O) groups excluding carboxylic acids is 2. The van der Waals surface area contributed by atoms with Crippen LogP contribution in [0.5, 0.6) is 11.5 Å². The van der Waals surface area contributed by atoms with E-state index < -0.39 is 11.6 Å². The minimum Gasteiger partial charge on any atom is -0.426 e. The molecule has 2 aromatic carbocycles. The number of pyridine rings is 1. The van der Waals surface area contributed by atoms with Crippen LogP contribution in [0.25, 0.3) is 22.2 Å². The van der Waals surface area contributed by atoms with Gasteiger partial charge in [-0.05, 0) is 106 Å². The van der Waals surface area contributed by atoms with Crippen LogP contribution in [0.4, 0.5) is 8.78 Å². The molecule has 0 amide bonds. The van der Waals surface area contributed by atoms with Gasteiger partial charge in [0.1, 0.15) is 11.3 Å². The molecule has 5 nitrogen and oxygen atoms in total. The fourth-order valence-corrected chi connectivity index (χ4v) is 6.73. The van der Waals surface area contributed by atoms with Gasteiger partial charge in [0.05, 0.1) is 17.5 Å². The molecule has 2 aliphatic rings. The minimum atomic E-state index is -0.976. The van der Waals surface area contributed by atoms with Crippen molar-refractivity contribution >= 4 is 22.8 Å². The molecule has 0 saturated heterocycles. The van der Waals surface area contributed by atoms with Gasteiger partial charge in [0.2, 0.25) is 0 Å². The summed E-state index contributed by atoms with van der Waals surface area (Å²) < 4.78 is 39.5. The summed E-state index contributed by atoms with van der Waals surface area (Å²) in [6.45, 7) is 4.38. The molecule has 224 valence electrons. The van der Waals surface area contributed by atoms with E-state index in [-0.39, 0.29) is 29.5 Å². The highest BCUT2D eigenvalue weighted by atomic mass is 19.2. The molecule has 2 fully saturated rings. The van der Waals surface area contributed by atoms with Gasteiger partial charge in [0, 0.05) is 10.9 Å². The topological polar surface area (TPSA) is 65.5 Å². The third-order valence-electron chi connectivity index (χ3n) is 9.17. The Morgan fingerprint density at radius 3 is 1.81 bits per heavy atom. The van der Waals surface area contributed by atoms with Gasteiger partial charge in [-0.15, -0.1) is 0 Å². The normalized spacial score (nSPS) is 22.6. The Morgan fingerprint density at radius 1 is 0.714 bits per heavy atom. The van der Waals surface area contributed by atoms with E-state index in [2.05, 4.69) is 13.8 Å². The number of ether oxygens (including phenoxy) is 2. The summed E-state index contributed by atoms with van der Waals surface area (Å²) in [6.07, 6.45) is 12.0. The molecular formula is C35H41F2NO4. The van der Waals surface area contributed by atoms with Crippen LogP contribution in [0.2, 0.25) is 0 Å². The van der Waals surface area contributed by atoms with E-state index in [0.29, 0.717) is 39.7 Å². The third-order valence-corrected chi connectivity index (χ3v) is 9.17. The first kappa shape index (κ1) is 30.1. The first-order chi connectivity index (χ1) is 20.4. The summed E-state index contributed by atoms with van der Waals surface area (Å²) >= 11 is 0. The number of carbonyl (C=O) groups is 2. The second-order valence-electron chi connectivity index (χ2n) is 12.1. The van der Waals surface area contributed by atoms with Gasteiger partial charge in [0.15, 0.2) is 17.4 Å². The molecule has 42 heavy (non-hydrogen) atoms. The Labute approximate surface area is 247 Å². The number of fused-ring (bicyclic) bond motifs is 1. The number of esters is 2. The fraction of sp³-hybridized carbons (Fsp3) is 0.514. The maximum atomic E-state index is 14.0.